The fourth-order valence-electron chi connectivity index (χ4n) is 2.91. The van der Waals surface area contributed by atoms with E-state index < -0.39 is 16.8 Å². The van der Waals surface area contributed by atoms with Crippen molar-refractivity contribution in [1.29, 1.82) is 0 Å². The Hall–Kier alpha value is -3.13. The van der Waals surface area contributed by atoms with Crippen LogP contribution in [0.4, 0.5) is 0 Å². The first-order valence-electron chi connectivity index (χ1n) is 15.8. The van der Waals surface area contributed by atoms with Crippen LogP contribution in [0.2, 0.25) is 0 Å². The summed E-state index contributed by atoms with van der Waals surface area (Å²) in [5, 5.41) is 10.8. The van der Waals surface area contributed by atoms with Gasteiger partial charge in [-0.2, -0.15) is 0 Å². The van der Waals surface area contributed by atoms with E-state index in [1.54, 1.807) is 13.8 Å². The van der Waals surface area contributed by atoms with Crippen molar-refractivity contribution in [3.63, 3.8) is 0 Å². The molecule has 2 aromatic rings. The zero-order chi connectivity index (χ0) is 33.8. The van der Waals surface area contributed by atoms with Gasteiger partial charge in [0.2, 0.25) is 0 Å². The van der Waals surface area contributed by atoms with Crippen LogP contribution in [0.3, 0.4) is 0 Å². The van der Waals surface area contributed by atoms with Crippen LogP contribution in [0.5, 0.6) is 5.75 Å². The van der Waals surface area contributed by atoms with Crippen molar-refractivity contribution in [2.24, 2.45) is 16.2 Å². The lowest BCUT2D eigenvalue weighted by molar-refractivity contribution is -0.156. The Balaban J connectivity index is -0.000000122. The molecule has 8 heteroatoms. The molecule has 0 unspecified atom stereocenters. The van der Waals surface area contributed by atoms with E-state index in [0.717, 1.165) is 36.8 Å². The van der Waals surface area contributed by atoms with Gasteiger partial charge in [0.25, 0.3) is 0 Å². The maximum atomic E-state index is 11.8. The molecule has 8 nitrogen and oxygen atoms in total. The van der Waals surface area contributed by atoms with Crippen molar-refractivity contribution in [3.8, 4) is 5.75 Å². The lowest BCUT2D eigenvalue weighted by Crippen LogP contribution is -2.27. The second-order valence-electron chi connectivity index (χ2n) is 12.6. The molecule has 0 amide bonds. The van der Waals surface area contributed by atoms with E-state index in [4.69, 9.17) is 24.1 Å². The van der Waals surface area contributed by atoms with E-state index in [1.165, 1.54) is 5.39 Å². The smallest absolute Gasteiger partial charge is 0.311 e. The highest BCUT2D eigenvalue weighted by Crippen LogP contribution is 2.23. The number of benzene rings is 2. The molecule has 0 saturated heterocycles. The Bertz CT molecular complexity index is 1120. The number of rotatable bonds is 16. The lowest BCUT2D eigenvalue weighted by atomic mass is 9.91. The van der Waals surface area contributed by atoms with Gasteiger partial charge in [0.1, 0.15) is 19.0 Å². The molecule has 2 rings (SSSR count). The summed E-state index contributed by atoms with van der Waals surface area (Å²) in [5.74, 6) is -0.145. The molecular formula is C42H82O8. The molecule has 0 heterocycles. The largest absolute Gasteiger partial charge is 0.491 e. The van der Waals surface area contributed by atoms with Crippen LogP contribution in [0.25, 0.3) is 10.8 Å². The van der Waals surface area contributed by atoms with Crippen molar-refractivity contribution < 1.29 is 38.4 Å². The quantitative estimate of drug-likeness (QED) is 0.135. The third-order valence-corrected chi connectivity index (χ3v) is 7.74. The molecule has 298 valence electrons. The van der Waals surface area contributed by atoms with Gasteiger partial charge >= 0.3 is 17.9 Å². The number of carbonyl (C=O) groups excluding carboxylic acids is 2. The third-order valence-electron chi connectivity index (χ3n) is 7.74. The molecule has 50 heavy (non-hydrogen) atoms. The van der Waals surface area contributed by atoms with Gasteiger partial charge in [-0.1, -0.05) is 109 Å². The number of hydrogen-bond acceptors (Lipinski definition) is 7. The molecule has 0 saturated carbocycles. The SMILES string of the molecule is C.C.C.C.C.C.CCC(C)(C)C(=O)O.CCC(C)(C)C(=O)OCCOCCOc1ccc2ccccc2c1.CCCCOC(=O)C(C)(C)CC. The summed E-state index contributed by atoms with van der Waals surface area (Å²) in [5.41, 5.74) is -1.28. The zero-order valence-electron chi connectivity index (χ0n) is 28.9. The van der Waals surface area contributed by atoms with Crippen LogP contribution < -0.4 is 4.74 Å². The minimum Gasteiger partial charge on any atom is -0.491 e. The minimum absolute atomic E-state index is 0. The number of carboxylic acid groups (broad SMARTS) is 1. The first-order valence-corrected chi connectivity index (χ1v) is 15.8. The minimum atomic E-state index is -0.722. The van der Waals surface area contributed by atoms with Crippen molar-refractivity contribution in [3.05, 3.63) is 42.5 Å². The Kier molecular flexibility index (Phi) is 39.5. The van der Waals surface area contributed by atoms with Gasteiger partial charge in [-0.15, -0.1) is 0 Å². The highest BCUT2D eigenvalue weighted by Gasteiger charge is 2.27. The van der Waals surface area contributed by atoms with Gasteiger partial charge in [-0.3, -0.25) is 14.4 Å². The second-order valence-corrected chi connectivity index (χ2v) is 12.6. The highest BCUT2D eigenvalue weighted by atomic mass is 16.6. The lowest BCUT2D eigenvalue weighted by Gasteiger charge is -2.20. The number of unbranched alkanes of at least 4 members (excludes halogenated alkanes) is 1. The molecule has 0 radical (unpaired) electrons. The van der Waals surface area contributed by atoms with Crippen LogP contribution in [0.1, 0.15) is 146 Å². The summed E-state index contributed by atoms with van der Waals surface area (Å²) in [4.78, 5) is 33.4. The number of carboxylic acids is 1. The molecular weight excluding hydrogens is 632 g/mol. The van der Waals surface area contributed by atoms with E-state index in [1.807, 2.05) is 78.8 Å². The summed E-state index contributed by atoms with van der Waals surface area (Å²) < 4.78 is 21.4. The predicted octanol–water partition coefficient (Wildman–Crippen LogP) is 12.3. The Morgan fingerprint density at radius 1 is 0.580 bits per heavy atom. The summed E-state index contributed by atoms with van der Waals surface area (Å²) in [6, 6.07) is 14.2. The number of esters is 2. The first-order chi connectivity index (χ1) is 20.6. The van der Waals surface area contributed by atoms with Crippen LogP contribution in [-0.2, 0) is 28.6 Å². The van der Waals surface area contributed by atoms with Crippen LogP contribution >= 0.6 is 0 Å². The average molecular weight is 715 g/mol. The molecule has 0 bridgehead atoms. The summed E-state index contributed by atoms with van der Waals surface area (Å²) in [6.07, 6.45) is 4.30. The molecule has 0 aromatic heterocycles. The van der Waals surface area contributed by atoms with Gasteiger partial charge < -0.3 is 24.1 Å². The average Bonchev–Trinajstić information content (AvgIpc) is 3.00. The van der Waals surface area contributed by atoms with E-state index in [9.17, 15) is 14.4 Å². The molecule has 0 fully saturated rings. The fourth-order valence-corrected chi connectivity index (χ4v) is 2.91. The van der Waals surface area contributed by atoms with Crippen LogP contribution in [0, 0.1) is 16.2 Å². The Morgan fingerprint density at radius 2 is 1.02 bits per heavy atom. The summed E-state index contributed by atoms with van der Waals surface area (Å²) >= 11 is 0. The fraction of sp³-hybridized carbons (Fsp3) is 0.690. The maximum Gasteiger partial charge on any atom is 0.311 e. The van der Waals surface area contributed by atoms with Crippen molar-refractivity contribution in [2.45, 2.75) is 146 Å². The van der Waals surface area contributed by atoms with Crippen molar-refractivity contribution in [2.75, 3.05) is 33.0 Å². The van der Waals surface area contributed by atoms with Crippen molar-refractivity contribution >= 4 is 28.7 Å². The number of carbonyl (C=O) groups is 3. The number of aliphatic carboxylic acids is 1. The van der Waals surface area contributed by atoms with Gasteiger partial charge in [0.05, 0.1) is 36.1 Å². The highest BCUT2D eigenvalue weighted by molar-refractivity contribution is 5.83. The van der Waals surface area contributed by atoms with E-state index in [-0.39, 0.29) is 68.5 Å². The topological polar surface area (TPSA) is 108 Å². The number of hydrogen-bond donors (Lipinski definition) is 1. The normalized spacial score (nSPS) is 10.0. The molecule has 2 aromatic carbocycles. The van der Waals surface area contributed by atoms with Gasteiger partial charge in [-0.05, 0) is 90.1 Å². The van der Waals surface area contributed by atoms with Gasteiger partial charge in [0, 0.05) is 0 Å². The van der Waals surface area contributed by atoms with E-state index in [0.29, 0.717) is 32.8 Å². The van der Waals surface area contributed by atoms with Crippen molar-refractivity contribution in [1.82, 2.24) is 0 Å². The van der Waals surface area contributed by atoms with Crippen LogP contribution in [-0.4, -0.2) is 56.0 Å². The molecule has 0 atom stereocenters. The van der Waals surface area contributed by atoms with E-state index >= 15 is 0 Å². The number of ether oxygens (including phenoxy) is 4. The Labute approximate surface area is 310 Å². The first kappa shape index (κ1) is 62.0. The summed E-state index contributed by atoms with van der Waals surface area (Å²) in [7, 11) is 0. The van der Waals surface area contributed by atoms with Crippen LogP contribution in [0.15, 0.2) is 42.5 Å². The molecule has 0 aliphatic carbocycles. The molecule has 0 aliphatic rings. The monoisotopic (exact) mass is 715 g/mol. The predicted molar refractivity (Wildman–Crippen MR) is 217 cm³/mol. The molecule has 1 N–H and O–H groups in total. The van der Waals surface area contributed by atoms with Gasteiger partial charge in [0.15, 0.2) is 0 Å². The summed E-state index contributed by atoms with van der Waals surface area (Å²) in [6.45, 7) is 21.1. The van der Waals surface area contributed by atoms with E-state index in [2.05, 4.69) is 19.1 Å². The zero-order valence-corrected chi connectivity index (χ0v) is 28.9. The standard InChI is InChI=1S/C20H26O4.C10H20O2.C6H12O2.6CH4/c1-4-20(2,3)19(21)24-14-12-22-11-13-23-18-10-9-16-7-5-6-8-17(16)15-18;1-5-7-8-12-9(11)10(3,4)6-2;1-4-6(2,3)5(7)8;;;;;;/h5-10,15H,4,11-14H2,1-3H3;5-8H2,1-4H3;4H2,1-3H3,(H,7,8);6*1H4. The maximum absolute atomic E-state index is 11.8. The molecule has 0 aliphatic heterocycles. The third kappa shape index (κ3) is 24.9. The van der Waals surface area contributed by atoms with Gasteiger partial charge in [-0.25, -0.2) is 0 Å². The number of fused-ring (bicyclic) bond motifs is 1. The Morgan fingerprint density at radius 3 is 1.44 bits per heavy atom. The molecule has 0 spiro atoms. The second kappa shape index (κ2) is 31.8.